The van der Waals surface area contributed by atoms with Crippen LogP contribution in [0, 0.1) is 0 Å². The van der Waals surface area contributed by atoms with Crippen molar-refractivity contribution in [2.75, 3.05) is 0 Å². The molecule has 0 saturated heterocycles. The number of hydrogen-bond acceptors (Lipinski definition) is 2. The maximum atomic E-state index is 10.9. The first-order valence-electron chi connectivity index (χ1n) is 11.2. The van der Waals surface area contributed by atoms with Crippen LogP contribution >= 0.6 is 0 Å². The normalized spacial score (nSPS) is 12.4. The Morgan fingerprint density at radius 2 is 1.10 bits per heavy atom. The van der Waals surface area contributed by atoms with Crippen LogP contribution in [0.25, 0.3) is 0 Å². The van der Waals surface area contributed by atoms with Gasteiger partial charge in [0.2, 0.25) is 0 Å². The van der Waals surface area contributed by atoms with Crippen molar-refractivity contribution in [3.63, 3.8) is 0 Å². The Balaban J connectivity index is 2.30. The van der Waals surface area contributed by atoms with Gasteiger partial charge in [-0.1, -0.05) is 109 Å². The molecule has 3 rings (SSSR count). The molecule has 2 nitrogen and oxygen atoms in total. The van der Waals surface area contributed by atoms with E-state index in [0.717, 1.165) is 16.9 Å². The Bertz CT molecular complexity index is 934. The molecule has 0 aliphatic carbocycles. The fraction of sp³-hybridized carbons (Fsp3) is 0.357. The Labute approximate surface area is 189 Å². The highest BCUT2D eigenvalue weighted by Crippen LogP contribution is 2.41. The zero-order valence-corrected chi connectivity index (χ0v) is 20.9. The molecule has 0 atom stereocenters. The van der Waals surface area contributed by atoms with Gasteiger partial charge in [-0.05, 0) is 39.4 Å². The molecular formula is C28H36O2Si. The minimum Gasteiger partial charge on any atom is -0.534 e. The van der Waals surface area contributed by atoms with E-state index in [1.165, 1.54) is 10.4 Å². The van der Waals surface area contributed by atoms with Crippen LogP contribution < -0.4 is 14.8 Å². The summed E-state index contributed by atoms with van der Waals surface area (Å²) in [5, 5.41) is 13.3. The third kappa shape index (κ3) is 4.43. The van der Waals surface area contributed by atoms with Crippen LogP contribution in [0.3, 0.4) is 0 Å². The maximum absolute atomic E-state index is 10.9. The lowest BCUT2D eigenvalue weighted by Crippen LogP contribution is -2.68. The molecule has 0 saturated carbocycles. The smallest absolute Gasteiger partial charge is 0.319 e. The highest BCUT2D eigenvalue weighted by atomic mass is 28.4. The van der Waals surface area contributed by atoms with Crippen molar-refractivity contribution in [1.29, 1.82) is 0 Å². The summed E-state index contributed by atoms with van der Waals surface area (Å²) in [6.07, 6.45) is 0. The monoisotopic (exact) mass is 432 g/mol. The predicted molar refractivity (Wildman–Crippen MR) is 135 cm³/mol. The summed E-state index contributed by atoms with van der Waals surface area (Å²) in [7, 11) is -2.70. The van der Waals surface area contributed by atoms with E-state index in [2.05, 4.69) is 109 Å². The molecule has 0 fully saturated rings. The lowest BCUT2D eigenvalue weighted by molar-refractivity contribution is 0.449. The van der Waals surface area contributed by atoms with Crippen LogP contribution in [0.5, 0.6) is 11.5 Å². The summed E-state index contributed by atoms with van der Waals surface area (Å²) < 4.78 is 7.20. The molecule has 3 aromatic carbocycles. The van der Waals surface area contributed by atoms with Crippen LogP contribution in [0.4, 0.5) is 0 Å². The summed E-state index contributed by atoms with van der Waals surface area (Å²) >= 11 is 0. The topological polar surface area (TPSA) is 29.5 Å². The zero-order valence-electron chi connectivity index (χ0n) is 19.9. The van der Waals surface area contributed by atoms with E-state index in [4.69, 9.17) is 4.43 Å². The summed E-state index contributed by atoms with van der Waals surface area (Å²) in [5.74, 6) is 1.67. The number of phenolic OH excluding ortho intramolecular Hbond substituents is 1. The standard InChI is InChI=1S/C28H36O2Si/c1-20(2)25-18-22(19-26(21(3)4)27(25)29)30-31(28(5,6)7,23-14-10-8-11-15-23)24-16-12-9-13-17-24/h8-21,29H,1-7H3. The fourth-order valence-corrected chi connectivity index (χ4v) is 8.82. The Morgan fingerprint density at radius 3 is 1.42 bits per heavy atom. The van der Waals surface area contributed by atoms with Gasteiger partial charge in [-0.2, -0.15) is 0 Å². The van der Waals surface area contributed by atoms with Crippen molar-refractivity contribution in [1.82, 2.24) is 0 Å². The predicted octanol–water partition coefficient (Wildman–Crippen LogP) is 6.58. The van der Waals surface area contributed by atoms with Crippen molar-refractivity contribution in [3.05, 3.63) is 83.9 Å². The van der Waals surface area contributed by atoms with Gasteiger partial charge >= 0.3 is 8.32 Å². The number of hydrogen-bond donors (Lipinski definition) is 1. The minimum atomic E-state index is -2.70. The molecule has 0 spiro atoms. The first-order valence-corrected chi connectivity index (χ1v) is 13.2. The summed E-state index contributed by atoms with van der Waals surface area (Å²) in [4.78, 5) is 0. The largest absolute Gasteiger partial charge is 0.534 e. The molecule has 3 heteroatoms. The molecule has 31 heavy (non-hydrogen) atoms. The van der Waals surface area contributed by atoms with Gasteiger partial charge in [-0.25, -0.2) is 0 Å². The van der Waals surface area contributed by atoms with Crippen molar-refractivity contribution in [2.24, 2.45) is 0 Å². The van der Waals surface area contributed by atoms with Crippen LogP contribution in [0.15, 0.2) is 72.8 Å². The SMILES string of the molecule is CC(C)c1cc(O[Si](c2ccccc2)(c2ccccc2)C(C)(C)C)cc(C(C)C)c1O. The van der Waals surface area contributed by atoms with E-state index in [1.807, 2.05) is 12.1 Å². The van der Waals surface area contributed by atoms with Crippen LogP contribution in [0.2, 0.25) is 5.04 Å². The average molecular weight is 433 g/mol. The molecule has 0 radical (unpaired) electrons. The molecule has 1 N–H and O–H groups in total. The highest BCUT2D eigenvalue weighted by Gasteiger charge is 2.52. The summed E-state index contributed by atoms with van der Waals surface area (Å²) in [6.45, 7) is 15.3. The van der Waals surface area contributed by atoms with E-state index in [0.29, 0.717) is 5.75 Å². The van der Waals surface area contributed by atoms with Gasteiger partial charge in [0.1, 0.15) is 11.5 Å². The van der Waals surface area contributed by atoms with Crippen molar-refractivity contribution in [2.45, 2.75) is 65.3 Å². The number of rotatable bonds is 6. The number of aromatic hydroxyl groups is 1. The summed E-state index contributed by atoms with van der Waals surface area (Å²) in [5.41, 5.74) is 1.89. The van der Waals surface area contributed by atoms with Crippen molar-refractivity contribution < 1.29 is 9.53 Å². The van der Waals surface area contributed by atoms with Gasteiger partial charge in [0.25, 0.3) is 0 Å². The molecule has 0 amide bonds. The molecule has 0 heterocycles. The Hall–Kier alpha value is -2.52. The summed E-state index contributed by atoms with van der Waals surface area (Å²) in [6, 6.07) is 25.4. The first-order chi connectivity index (χ1) is 14.6. The third-order valence-electron chi connectivity index (χ3n) is 6.07. The zero-order chi connectivity index (χ0) is 22.8. The van der Waals surface area contributed by atoms with Gasteiger partial charge in [0.05, 0.1) is 0 Å². The second-order valence-corrected chi connectivity index (χ2v) is 14.2. The molecule has 3 aromatic rings. The second kappa shape index (κ2) is 8.92. The minimum absolute atomic E-state index is 0.108. The Morgan fingerprint density at radius 1 is 0.710 bits per heavy atom. The quantitative estimate of drug-likeness (QED) is 0.446. The molecule has 0 aromatic heterocycles. The van der Waals surface area contributed by atoms with E-state index < -0.39 is 8.32 Å². The highest BCUT2D eigenvalue weighted by molar-refractivity contribution is 7.00. The van der Waals surface area contributed by atoms with Gasteiger partial charge in [0, 0.05) is 11.1 Å². The third-order valence-corrected chi connectivity index (χ3v) is 11.0. The Kier molecular flexibility index (Phi) is 6.66. The van der Waals surface area contributed by atoms with E-state index in [-0.39, 0.29) is 16.9 Å². The average Bonchev–Trinajstić information content (AvgIpc) is 2.72. The number of phenols is 1. The first kappa shape index (κ1) is 23.1. The fourth-order valence-electron chi connectivity index (χ4n) is 4.42. The molecular weight excluding hydrogens is 396 g/mol. The molecule has 0 unspecified atom stereocenters. The lowest BCUT2D eigenvalue weighted by atomic mass is 9.93. The van der Waals surface area contributed by atoms with E-state index in [9.17, 15) is 5.11 Å². The van der Waals surface area contributed by atoms with Crippen LogP contribution in [-0.2, 0) is 0 Å². The van der Waals surface area contributed by atoms with Crippen molar-refractivity contribution in [3.8, 4) is 11.5 Å². The van der Waals surface area contributed by atoms with Crippen molar-refractivity contribution >= 4 is 18.7 Å². The maximum Gasteiger partial charge on any atom is 0.319 e. The van der Waals surface area contributed by atoms with E-state index >= 15 is 0 Å². The van der Waals surface area contributed by atoms with Crippen LogP contribution in [0.1, 0.15) is 71.4 Å². The van der Waals surface area contributed by atoms with Gasteiger partial charge in [-0.3, -0.25) is 0 Å². The molecule has 0 aliphatic rings. The number of benzene rings is 3. The van der Waals surface area contributed by atoms with E-state index in [1.54, 1.807) is 0 Å². The molecule has 0 bridgehead atoms. The molecule has 164 valence electrons. The van der Waals surface area contributed by atoms with Crippen LogP contribution in [-0.4, -0.2) is 13.4 Å². The second-order valence-electron chi connectivity index (χ2n) is 10.0. The van der Waals surface area contributed by atoms with Gasteiger partial charge in [-0.15, -0.1) is 0 Å². The lowest BCUT2D eigenvalue weighted by Gasteiger charge is -2.43. The van der Waals surface area contributed by atoms with Gasteiger partial charge in [0.15, 0.2) is 0 Å². The van der Waals surface area contributed by atoms with Gasteiger partial charge < -0.3 is 9.53 Å². The molecule has 0 aliphatic heterocycles.